The van der Waals surface area contributed by atoms with Gasteiger partial charge in [0.15, 0.2) is 0 Å². The maximum Gasteiger partial charge on any atom is 0.332 e. The lowest BCUT2D eigenvalue weighted by molar-refractivity contribution is -0.150. The van der Waals surface area contributed by atoms with Crippen molar-refractivity contribution in [3.8, 4) is 0 Å². The molecule has 0 spiro atoms. The van der Waals surface area contributed by atoms with E-state index < -0.39 is 11.6 Å². The molecule has 0 aromatic rings. The van der Waals surface area contributed by atoms with E-state index in [9.17, 15) is 14.4 Å². The second-order valence-electron chi connectivity index (χ2n) is 8.09. The molecule has 7 nitrogen and oxygen atoms in total. The maximum absolute atomic E-state index is 13.1. The highest BCUT2D eigenvalue weighted by atomic mass is 16.5. The highest BCUT2D eigenvalue weighted by Crippen LogP contribution is 2.46. The third-order valence-corrected chi connectivity index (χ3v) is 6.22. The third-order valence-electron chi connectivity index (χ3n) is 6.22. The molecular formula is C21H33N3O4. The Balaban J connectivity index is 1.82. The summed E-state index contributed by atoms with van der Waals surface area (Å²) in [4.78, 5) is 40.4. The third kappa shape index (κ3) is 4.24. The van der Waals surface area contributed by atoms with Crippen LogP contribution in [0.1, 0.15) is 58.3 Å². The lowest BCUT2D eigenvalue weighted by atomic mass is 10.1. The number of rotatable bonds is 3. The molecule has 3 aliphatic rings. The van der Waals surface area contributed by atoms with Crippen LogP contribution in [0.5, 0.6) is 0 Å². The van der Waals surface area contributed by atoms with Crippen molar-refractivity contribution >= 4 is 17.8 Å². The number of allylic oxidation sites excluding steroid dienone is 1. The van der Waals surface area contributed by atoms with Gasteiger partial charge in [-0.1, -0.05) is 25.0 Å². The molecule has 1 saturated carbocycles. The van der Waals surface area contributed by atoms with Gasteiger partial charge in [0.2, 0.25) is 11.8 Å². The first-order valence-corrected chi connectivity index (χ1v) is 10.7. The minimum Gasteiger partial charge on any atom is -0.464 e. The van der Waals surface area contributed by atoms with Gasteiger partial charge >= 0.3 is 5.97 Å². The van der Waals surface area contributed by atoms with E-state index in [2.05, 4.69) is 16.7 Å². The van der Waals surface area contributed by atoms with Gasteiger partial charge in [0.05, 0.1) is 12.6 Å². The topological polar surface area (TPSA) is 87.7 Å². The van der Waals surface area contributed by atoms with Crippen molar-refractivity contribution in [3.63, 3.8) is 0 Å². The van der Waals surface area contributed by atoms with Gasteiger partial charge in [0.25, 0.3) is 0 Å². The Bertz CT molecular complexity index is 635. The molecule has 2 amide bonds. The van der Waals surface area contributed by atoms with E-state index in [-0.39, 0.29) is 36.4 Å². The molecule has 4 atom stereocenters. The first-order valence-electron chi connectivity index (χ1n) is 10.7. The molecule has 7 heteroatoms. The van der Waals surface area contributed by atoms with Crippen LogP contribution in [0.25, 0.3) is 0 Å². The minimum atomic E-state index is -0.969. The van der Waals surface area contributed by atoms with Crippen molar-refractivity contribution in [3.05, 3.63) is 12.2 Å². The van der Waals surface area contributed by atoms with Crippen LogP contribution in [-0.2, 0) is 19.1 Å². The fourth-order valence-electron chi connectivity index (χ4n) is 4.46. The smallest absolute Gasteiger partial charge is 0.332 e. The molecule has 156 valence electrons. The summed E-state index contributed by atoms with van der Waals surface area (Å²) in [5.41, 5.74) is -0.969. The average molecular weight is 392 g/mol. The number of hydrogen-bond donors (Lipinski definition) is 2. The van der Waals surface area contributed by atoms with Crippen molar-refractivity contribution in [2.45, 2.75) is 75.9 Å². The fourth-order valence-corrected chi connectivity index (χ4v) is 4.46. The van der Waals surface area contributed by atoms with Gasteiger partial charge in [-0.15, -0.1) is 0 Å². The number of carbonyl (C=O) groups excluding carboxylic acids is 3. The van der Waals surface area contributed by atoms with Crippen LogP contribution in [0.15, 0.2) is 12.2 Å². The Morgan fingerprint density at radius 1 is 1.29 bits per heavy atom. The van der Waals surface area contributed by atoms with Crippen molar-refractivity contribution < 1.29 is 19.1 Å². The van der Waals surface area contributed by atoms with E-state index in [4.69, 9.17) is 4.74 Å². The first kappa shape index (κ1) is 20.8. The van der Waals surface area contributed by atoms with Crippen LogP contribution >= 0.6 is 0 Å². The van der Waals surface area contributed by atoms with E-state index in [0.717, 1.165) is 38.5 Å². The van der Waals surface area contributed by atoms with E-state index >= 15 is 0 Å². The molecule has 0 radical (unpaired) electrons. The normalized spacial score (nSPS) is 35.1. The van der Waals surface area contributed by atoms with Gasteiger partial charge < -0.3 is 20.3 Å². The second-order valence-corrected chi connectivity index (χ2v) is 8.09. The Labute approximate surface area is 167 Å². The Morgan fingerprint density at radius 3 is 2.86 bits per heavy atom. The second kappa shape index (κ2) is 9.07. The minimum absolute atomic E-state index is 0.00863. The largest absolute Gasteiger partial charge is 0.464 e. The maximum atomic E-state index is 13.1. The van der Waals surface area contributed by atoms with Crippen molar-refractivity contribution in [2.24, 2.45) is 5.92 Å². The number of carbonyl (C=O) groups is 3. The number of likely N-dealkylation sites (N-methyl/N-ethyl adjacent to an activating group) is 1. The zero-order valence-electron chi connectivity index (χ0n) is 17.0. The molecule has 0 aromatic carbocycles. The fraction of sp³-hybridized carbons (Fsp3) is 0.762. The van der Waals surface area contributed by atoms with Crippen LogP contribution in [0.2, 0.25) is 0 Å². The Morgan fingerprint density at radius 2 is 2.11 bits per heavy atom. The SMILES string of the molecule is CCOC(=O)[C@@]12C[C@H]1/C=C\CCCCC[C@H](NC)C(=O)N1CCC[C@H]1C(=O)N2. The summed E-state index contributed by atoms with van der Waals surface area (Å²) in [5, 5.41) is 6.09. The molecule has 1 saturated heterocycles. The first-order chi connectivity index (χ1) is 13.5. The lowest BCUT2D eigenvalue weighted by Gasteiger charge is -2.29. The summed E-state index contributed by atoms with van der Waals surface area (Å²) < 4.78 is 5.25. The Kier molecular flexibility index (Phi) is 6.75. The lowest BCUT2D eigenvalue weighted by Crippen LogP contribution is -2.55. The molecule has 2 aliphatic heterocycles. The highest BCUT2D eigenvalue weighted by Gasteiger charge is 2.62. The summed E-state index contributed by atoms with van der Waals surface area (Å²) in [5.74, 6) is -0.646. The monoisotopic (exact) mass is 391 g/mol. The molecule has 1 aliphatic carbocycles. The molecular weight excluding hydrogens is 358 g/mol. The number of hydrogen-bond acceptors (Lipinski definition) is 5. The molecule has 2 N–H and O–H groups in total. The van der Waals surface area contributed by atoms with Crippen molar-refractivity contribution in [1.82, 2.24) is 15.5 Å². The van der Waals surface area contributed by atoms with Gasteiger partial charge in [0, 0.05) is 12.5 Å². The number of fused-ring (bicyclic) bond motifs is 2. The molecule has 0 aromatic heterocycles. The molecule has 3 rings (SSSR count). The van der Waals surface area contributed by atoms with Gasteiger partial charge in [-0.3, -0.25) is 9.59 Å². The molecule has 28 heavy (non-hydrogen) atoms. The summed E-state index contributed by atoms with van der Waals surface area (Å²) in [6.45, 7) is 2.64. The van der Waals surface area contributed by atoms with Crippen LogP contribution in [0.4, 0.5) is 0 Å². The van der Waals surface area contributed by atoms with Crippen LogP contribution in [-0.4, -0.2) is 60.5 Å². The Hall–Kier alpha value is -1.89. The van der Waals surface area contributed by atoms with Crippen LogP contribution in [0, 0.1) is 5.92 Å². The molecule has 0 unspecified atom stereocenters. The zero-order valence-corrected chi connectivity index (χ0v) is 17.0. The van der Waals surface area contributed by atoms with Crippen LogP contribution < -0.4 is 10.6 Å². The van der Waals surface area contributed by atoms with E-state index in [1.54, 1.807) is 18.9 Å². The number of esters is 1. The van der Waals surface area contributed by atoms with Crippen LogP contribution in [0.3, 0.4) is 0 Å². The standard InChI is InChI=1S/C21H33N3O4/c1-3-28-20(27)21-14-15(21)10-7-5-4-6-8-11-16(22-2)19(26)24-13-9-12-17(24)18(25)23-21/h7,10,15-17,22H,3-6,8-9,11-14H2,1-2H3,(H,23,25)/b10-7-/t15-,16+,17+,21-/m1/s1. The molecule has 2 fully saturated rings. The van der Waals surface area contributed by atoms with Gasteiger partial charge in [-0.2, -0.15) is 0 Å². The summed E-state index contributed by atoms with van der Waals surface area (Å²) in [7, 11) is 1.80. The quantitative estimate of drug-likeness (QED) is 0.563. The summed E-state index contributed by atoms with van der Waals surface area (Å²) in [6, 6.07) is -0.772. The number of amides is 2. The van der Waals surface area contributed by atoms with E-state index in [1.165, 1.54) is 0 Å². The predicted molar refractivity (Wildman–Crippen MR) is 105 cm³/mol. The number of nitrogens with one attached hydrogen (secondary N) is 2. The average Bonchev–Trinajstić information content (AvgIpc) is 3.14. The zero-order chi connectivity index (χ0) is 20.1. The van der Waals surface area contributed by atoms with E-state index in [1.807, 2.05) is 6.08 Å². The number of ether oxygens (including phenoxy) is 1. The molecule has 2 heterocycles. The highest BCUT2D eigenvalue weighted by molar-refractivity contribution is 5.96. The molecule has 0 bridgehead atoms. The van der Waals surface area contributed by atoms with Gasteiger partial charge in [0.1, 0.15) is 11.6 Å². The summed E-state index contributed by atoms with van der Waals surface area (Å²) in [6.07, 6.45) is 11.0. The summed E-state index contributed by atoms with van der Waals surface area (Å²) >= 11 is 0. The van der Waals surface area contributed by atoms with Gasteiger partial charge in [-0.05, 0) is 52.5 Å². The van der Waals surface area contributed by atoms with Gasteiger partial charge in [-0.25, -0.2) is 4.79 Å². The number of nitrogens with zero attached hydrogens (tertiary/aromatic N) is 1. The predicted octanol–water partition coefficient (Wildman–Crippen LogP) is 1.52. The van der Waals surface area contributed by atoms with Crippen molar-refractivity contribution in [2.75, 3.05) is 20.2 Å². The van der Waals surface area contributed by atoms with E-state index in [0.29, 0.717) is 19.4 Å². The van der Waals surface area contributed by atoms with Crippen molar-refractivity contribution in [1.29, 1.82) is 0 Å².